The van der Waals surface area contributed by atoms with Crippen LogP contribution in [0.2, 0.25) is 0 Å². The molecule has 0 aliphatic heterocycles. The van der Waals surface area contributed by atoms with Crippen molar-refractivity contribution in [2.75, 3.05) is 0 Å². The summed E-state index contributed by atoms with van der Waals surface area (Å²) in [6.07, 6.45) is 18.4. The van der Waals surface area contributed by atoms with Crippen molar-refractivity contribution in [3.8, 4) is 11.5 Å². The fourth-order valence-electron chi connectivity index (χ4n) is 10.6. The molecular weight excluding hydrogens is 1140 g/mol. The normalized spacial score (nSPS) is 19.9. The summed E-state index contributed by atoms with van der Waals surface area (Å²) in [7, 11) is 0. The summed E-state index contributed by atoms with van der Waals surface area (Å²) >= 11 is 2.05. The molecule has 4 saturated carbocycles. The van der Waals surface area contributed by atoms with E-state index in [4.69, 9.17) is 15.2 Å². The van der Waals surface area contributed by atoms with Crippen LogP contribution in [0.1, 0.15) is 164 Å². The number of rotatable bonds is 13. The molecule has 5 nitrogen and oxygen atoms in total. The Morgan fingerprint density at radius 2 is 0.800 bits per heavy atom. The molecule has 22 heteroatoms. The van der Waals surface area contributed by atoms with Crippen LogP contribution in [0.25, 0.3) is 0 Å². The van der Waals surface area contributed by atoms with E-state index in [9.17, 15) is 61.5 Å². The van der Waals surface area contributed by atoms with Gasteiger partial charge in [0.1, 0.15) is 45.9 Å². The van der Waals surface area contributed by atoms with Crippen LogP contribution < -0.4 is 113 Å². The van der Waals surface area contributed by atoms with Crippen molar-refractivity contribution in [2.24, 2.45) is 23.7 Å². The van der Waals surface area contributed by atoms with Crippen LogP contribution in [0.15, 0.2) is 48.5 Å². The Labute approximate surface area is 522 Å². The second kappa shape index (κ2) is 32.2. The van der Waals surface area contributed by atoms with E-state index in [-0.39, 0.29) is 135 Å². The van der Waals surface area contributed by atoms with Gasteiger partial charge in [-0.25, -0.2) is 43.9 Å². The summed E-state index contributed by atoms with van der Waals surface area (Å²) < 4.78 is 193. The largest absolute Gasteiger partial charge is 1.00 e. The summed E-state index contributed by atoms with van der Waals surface area (Å²) in [6.45, 7) is -0.181. The van der Waals surface area contributed by atoms with Crippen molar-refractivity contribution in [1.82, 2.24) is 0 Å². The van der Waals surface area contributed by atoms with Crippen LogP contribution in [-0.4, -0.2) is 11.6 Å². The molecule has 0 bridgehead atoms. The van der Waals surface area contributed by atoms with Gasteiger partial charge in [-0.2, -0.15) is 17.6 Å². The summed E-state index contributed by atoms with van der Waals surface area (Å²) in [5.74, 6) is -13.9. The minimum atomic E-state index is -4.57. The van der Waals surface area contributed by atoms with E-state index in [1.165, 1.54) is 70.6 Å². The minimum Gasteiger partial charge on any atom is -1.00 e. The van der Waals surface area contributed by atoms with E-state index in [0.717, 1.165) is 93.9 Å². The number of aromatic hydroxyl groups is 1. The predicted octanol–water partition coefficient (Wildman–Crippen LogP) is 10.8. The first-order valence-corrected chi connectivity index (χ1v) is 25.1. The third-order valence-electron chi connectivity index (χ3n) is 14.5. The van der Waals surface area contributed by atoms with Crippen molar-refractivity contribution in [3.05, 3.63) is 129 Å². The van der Waals surface area contributed by atoms with Crippen molar-refractivity contribution < 1.29 is 190 Å². The maximum atomic E-state index is 14.6. The van der Waals surface area contributed by atoms with E-state index in [1.54, 1.807) is 0 Å². The Bertz CT molecular complexity index is 2340. The summed E-state index contributed by atoms with van der Waals surface area (Å²) in [4.78, 5) is 7.57. The second-order valence-electron chi connectivity index (χ2n) is 19.3. The van der Waals surface area contributed by atoms with Crippen LogP contribution in [0.5, 0.6) is 11.5 Å². The number of halogens is 15. The maximum absolute atomic E-state index is 14.6. The molecule has 0 saturated heterocycles. The number of hydrogen-bond donors (Lipinski definition) is 1. The molecule has 4 aromatic rings. The molecule has 0 aromatic heterocycles. The molecule has 4 aromatic carbocycles. The molecule has 0 atom stereocenters. The number of hydrogen-bond acceptors (Lipinski definition) is 5. The van der Waals surface area contributed by atoms with Gasteiger partial charge in [0, 0.05) is 24.3 Å². The Morgan fingerprint density at radius 3 is 1.11 bits per heavy atom. The second-order valence-corrected chi connectivity index (χ2v) is 20.3. The molecule has 0 unspecified atom stereocenters. The SMILES string of the molecule is Fc1cc(C2CCC(CCC3CCCC3)CC2)cc(F)c1C(F)(F)Br.Fc1cc(OC(F)(F)c2c(F)cc(C3CCC(CCC4CCCC4)CC3)cc2F)cc(F)c1F.O=CO[O-].Oc1cc(F)c(F)c(F)c1.[H-].[K+].[K+]. The average molecular weight is 1200 g/mol. The van der Waals surface area contributed by atoms with E-state index < -0.39 is 91.7 Å². The van der Waals surface area contributed by atoms with Gasteiger partial charge in [-0.15, -0.1) is 0 Å². The zero-order valence-corrected chi connectivity index (χ0v) is 49.4. The fourth-order valence-corrected chi connectivity index (χ4v) is 11.0. The van der Waals surface area contributed by atoms with Crippen molar-refractivity contribution >= 4 is 22.4 Å². The molecule has 0 amide bonds. The average Bonchev–Trinajstić information content (AvgIpc) is 4.06. The summed E-state index contributed by atoms with van der Waals surface area (Å²) in [5, 5.41) is 16.9. The number of benzene rings is 4. The van der Waals surface area contributed by atoms with Gasteiger partial charge in [-0.05, 0) is 138 Å². The third kappa shape index (κ3) is 20.6. The zero-order valence-electron chi connectivity index (χ0n) is 42.6. The Kier molecular flexibility index (Phi) is 29.2. The Hall–Kier alpha value is -1.32. The van der Waals surface area contributed by atoms with Crippen LogP contribution in [-0.2, 0) is 20.6 Å². The number of carbonyl (C=O) groups is 1. The van der Waals surface area contributed by atoms with Crippen LogP contribution in [0, 0.1) is 81.8 Å². The summed E-state index contributed by atoms with van der Waals surface area (Å²) in [5.41, 5.74) is -2.03. The first-order valence-electron chi connectivity index (χ1n) is 24.3. The van der Waals surface area contributed by atoms with E-state index >= 15 is 0 Å². The Balaban J connectivity index is 0.000000412. The molecule has 1 N–H and O–H groups in total. The molecule has 8 rings (SSSR count). The molecule has 0 heterocycles. The van der Waals surface area contributed by atoms with Crippen LogP contribution in [0.4, 0.5) is 61.5 Å². The van der Waals surface area contributed by atoms with E-state index in [2.05, 4.69) is 9.62 Å². The fraction of sp³-hybridized carbons (Fsp3) is 0.528. The maximum Gasteiger partial charge on any atom is 1.00 e. The summed E-state index contributed by atoms with van der Waals surface area (Å²) in [6, 6.07) is 5.31. The molecule has 4 fully saturated rings. The Morgan fingerprint density at radius 1 is 0.507 bits per heavy atom. The monoisotopic (exact) mass is 1200 g/mol. The molecule has 0 radical (unpaired) electrons. The number of phenolic OH excluding ortho intramolecular Hbond substituents is 1. The van der Waals surface area contributed by atoms with Gasteiger partial charge in [0.05, 0.1) is 0 Å². The number of phenols is 1. The standard InChI is InChI=1S/C26H27F7O.C20H25BrF4.C6H3F3O.CH2O3.2K.H/c27-20-11-18(17-9-7-16(8-10-17)6-5-15-3-1-2-4-15)12-21(28)24(20)26(32,33)34-19-13-22(29)25(31)23(30)14-19;21-20(24,25)19-17(22)11-16(12-18(19)23)15-9-7-14(8-10-15)6-5-13-3-1-2-4-13;7-4-1-3(10)2-5(8)6(4)9;2-1-4-3;;;/h11-17H,1-10H2;11-15H,1-10H2;1-2,10H;1,3H;;;/q;;;;2*+1;-1/p-1. The molecule has 0 spiro atoms. The molecule has 406 valence electrons. The topological polar surface area (TPSA) is 78.8 Å². The molecular formula is C53H57BrF14K2O5. The van der Waals surface area contributed by atoms with Crippen molar-refractivity contribution in [3.63, 3.8) is 0 Å². The number of carbonyl (C=O) groups excluding carboxylic acids is 1. The number of ether oxygens (including phenoxy) is 1. The molecule has 4 aliphatic rings. The van der Waals surface area contributed by atoms with Gasteiger partial charge in [-0.3, -0.25) is 4.79 Å². The van der Waals surface area contributed by atoms with Gasteiger partial charge in [-0.1, -0.05) is 77.0 Å². The van der Waals surface area contributed by atoms with Crippen LogP contribution >= 0.6 is 15.9 Å². The molecule has 75 heavy (non-hydrogen) atoms. The van der Waals surface area contributed by atoms with Crippen LogP contribution in [0.3, 0.4) is 0 Å². The zero-order chi connectivity index (χ0) is 53.6. The van der Waals surface area contributed by atoms with Crippen molar-refractivity contribution in [1.29, 1.82) is 0 Å². The predicted molar refractivity (Wildman–Crippen MR) is 244 cm³/mol. The van der Waals surface area contributed by atoms with E-state index in [0.29, 0.717) is 35.1 Å². The van der Waals surface area contributed by atoms with Gasteiger partial charge < -0.3 is 21.4 Å². The first-order chi connectivity index (χ1) is 34.5. The van der Waals surface area contributed by atoms with E-state index in [1.807, 2.05) is 15.9 Å². The quantitative estimate of drug-likeness (QED) is 0.0275. The third-order valence-corrected chi connectivity index (χ3v) is 14.9. The first kappa shape index (κ1) is 68.0. The molecule has 4 aliphatic carbocycles. The van der Waals surface area contributed by atoms with Gasteiger partial charge in [0.2, 0.25) is 0 Å². The smallest absolute Gasteiger partial charge is 1.00 e. The van der Waals surface area contributed by atoms with Gasteiger partial charge in [0.25, 0.3) is 6.47 Å². The number of alkyl halides is 5. The van der Waals surface area contributed by atoms with Crippen molar-refractivity contribution in [2.45, 2.75) is 151 Å². The minimum absolute atomic E-state index is 0. The van der Waals surface area contributed by atoms with Gasteiger partial charge in [0.15, 0.2) is 34.9 Å². The van der Waals surface area contributed by atoms with Gasteiger partial charge >= 0.3 is 114 Å².